The molecule has 0 radical (unpaired) electrons. The maximum atomic E-state index is 10.3. The SMILES string of the molecule is O=S(=O)([O-])c1ccccc1.O=S(=O)([O-])c1ccccc1.[NH3+]c1ccc([NH3+])cc1. The predicted octanol–water partition coefficient (Wildman–Crippen LogP) is 0.615. The summed E-state index contributed by atoms with van der Waals surface area (Å²) >= 11 is 0. The maximum absolute atomic E-state index is 10.3. The quantitative estimate of drug-likeness (QED) is 0.571. The molecule has 0 heterocycles. The van der Waals surface area contributed by atoms with Crippen LogP contribution in [0.3, 0.4) is 0 Å². The summed E-state index contributed by atoms with van der Waals surface area (Å²) in [5, 5.41) is 0. The third-order valence-electron chi connectivity index (χ3n) is 3.09. The molecule has 0 amide bonds. The lowest BCUT2D eigenvalue weighted by Crippen LogP contribution is -2.42. The van der Waals surface area contributed by atoms with Crippen LogP contribution in [0.1, 0.15) is 0 Å². The number of hydrogen-bond donors (Lipinski definition) is 2. The topological polar surface area (TPSA) is 170 Å². The smallest absolute Gasteiger partial charge is 0.128 e. The fourth-order valence-corrected chi connectivity index (χ4v) is 2.69. The molecule has 8 nitrogen and oxygen atoms in total. The molecule has 6 N–H and O–H groups in total. The van der Waals surface area contributed by atoms with E-state index in [2.05, 4.69) is 11.5 Å². The summed E-state index contributed by atoms with van der Waals surface area (Å²) in [4.78, 5) is -0.370. The highest BCUT2D eigenvalue weighted by molar-refractivity contribution is 7.86. The van der Waals surface area contributed by atoms with Crippen molar-refractivity contribution in [1.29, 1.82) is 0 Å². The van der Waals surface area contributed by atoms with Crippen molar-refractivity contribution in [1.82, 2.24) is 0 Å². The molecule has 3 aromatic rings. The Morgan fingerprint density at radius 3 is 0.929 bits per heavy atom. The number of rotatable bonds is 2. The van der Waals surface area contributed by atoms with Gasteiger partial charge in [-0.1, -0.05) is 36.4 Å². The van der Waals surface area contributed by atoms with Crippen LogP contribution < -0.4 is 11.5 Å². The summed E-state index contributed by atoms with van der Waals surface area (Å²) in [6.45, 7) is 0. The molecule has 28 heavy (non-hydrogen) atoms. The molecule has 0 spiro atoms. The fourth-order valence-electron chi connectivity index (χ4n) is 1.71. The van der Waals surface area contributed by atoms with E-state index in [-0.39, 0.29) is 9.79 Å². The number of hydrogen-bond acceptors (Lipinski definition) is 6. The highest BCUT2D eigenvalue weighted by Gasteiger charge is 1.96. The van der Waals surface area contributed by atoms with Crippen molar-refractivity contribution in [3.8, 4) is 0 Å². The molecule has 0 atom stereocenters. The van der Waals surface area contributed by atoms with Crippen LogP contribution in [0.25, 0.3) is 0 Å². The molecular formula is C18H20N2O6S2. The lowest BCUT2D eigenvalue weighted by atomic mass is 10.3. The highest BCUT2D eigenvalue weighted by Crippen LogP contribution is 2.06. The van der Waals surface area contributed by atoms with Gasteiger partial charge >= 0.3 is 0 Å². The van der Waals surface area contributed by atoms with Gasteiger partial charge in [-0.25, -0.2) is 16.8 Å². The average Bonchev–Trinajstić information content (AvgIpc) is 2.65. The minimum atomic E-state index is -4.25. The molecular weight excluding hydrogens is 404 g/mol. The van der Waals surface area contributed by atoms with E-state index in [0.29, 0.717) is 0 Å². The average molecular weight is 425 g/mol. The molecule has 0 unspecified atom stereocenters. The van der Waals surface area contributed by atoms with Crippen molar-refractivity contribution in [2.24, 2.45) is 0 Å². The first-order chi connectivity index (χ1) is 13.0. The van der Waals surface area contributed by atoms with Gasteiger partial charge in [-0.2, -0.15) is 0 Å². The Kier molecular flexibility index (Phi) is 8.92. The van der Waals surface area contributed by atoms with Crippen LogP contribution in [-0.4, -0.2) is 25.9 Å². The Bertz CT molecular complexity index is 966. The van der Waals surface area contributed by atoms with Gasteiger partial charge in [0, 0.05) is 24.3 Å². The minimum Gasteiger partial charge on any atom is -0.744 e. The van der Waals surface area contributed by atoms with Gasteiger partial charge in [0.25, 0.3) is 0 Å². The first-order valence-electron chi connectivity index (χ1n) is 7.76. The largest absolute Gasteiger partial charge is 0.744 e. The summed E-state index contributed by atoms with van der Waals surface area (Å²) < 4.78 is 61.7. The molecule has 3 rings (SSSR count). The summed E-state index contributed by atoms with van der Waals surface area (Å²) in [7, 11) is -8.51. The van der Waals surface area contributed by atoms with Gasteiger partial charge in [-0.3, -0.25) is 0 Å². The zero-order chi connectivity index (χ0) is 21.2. The van der Waals surface area contributed by atoms with Crippen molar-refractivity contribution in [2.45, 2.75) is 9.79 Å². The monoisotopic (exact) mass is 424 g/mol. The van der Waals surface area contributed by atoms with Gasteiger partial charge in [0.05, 0.1) is 9.79 Å². The van der Waals surface area contributed by atoms with Gasteiger partial charge in [-0.05, 0) is 24.3 Å². The van der Waals surface area contributed by atoms with Gasteiger partial charge in [0.2, 0.25) is 0 Å². The fraction of sp³-hybridized carbons (Fsp3) is 0. The second-order valence-corrected chi connectivity index (χ2v) is 8.11. The molecule has 0 aromatic heterocycles. The molecule has 0 aliphatic rings. The lowest BCUT2D eigenvalue weighted by Gasteiger charge is -2.04. The van der Waals surface area contributed by atoms with E-state index in [1.165, 1.54) is 48.5 Å². The van der Waals surface area contributed by atoms with Crippen LogP contribution in [0.5, 0.6) is 0 Å². The summed E-state index contributed by atoms with van der Waals surface area (Å²) in [5.74, 6) is 0. The van der Waals surface area contributed by atoms with Gasteiger partial charge in [-0.15, -0.1) is 0 Å². The Morgan fingerprint density at radius 2 is 0.750 bits per heavy atom. The Balaban J connectivity index is 0.000000212. The first kappa shape index (κ1) is 23.4. The normalized spacial score (nSPS) is 10.7. The van der Waals surface area contributed by atoms with Gasteiger partial charge in [0.15, 0.2) is 0 Å². The van der Waals surface area contributed by atoms with Crippen LogP contribution in [0.4, 0.5) is 11.4 Å². The zero-order valence-corrected chi connectivity index (χ0v) is 16.4. The summed E-state index contributed by atoms with van der Waals surface area (Å²) in [5.41, 5.74) is 9.55. The van der Waals surface area contributed by atoms with Crippen molar-refractivity contribution < 1.29 is 37.4 Å². The van der Waals surface area contributed by atoms with E-state index in [9.17, 15) is 25.9 Å². The predicted molar refractivity (Wildman–Crippen MR) is 100 cm³/mol. The highest BCUT2D eigenvalue weighted by atomic mass is 32.2. The molecule has 0 saturated carbocycles. The zero-order valence-electron chi connectivity index (χ0n) is 14.8. The standard InChI is InChI=1S/C6H8N2.2C6H6O3S/c7-5-1-2-6(8)4-3-5;2*7-10(8,9)6-4-2-1-3-5-6/h1-4H,7-8H2;2*1-5H,(H,7,8,9). The Hall–Kier alpha value is -2.60. The summed E-state index contributed by atoms with van der Waals surface area (Å²) in [6, 6.07) is 22.2. The van der Waals surface area contributed by atoms with Crippen LogP contribution in [0.2, 0.25) is 0 Å². The Labute approximate surface area is 163 Å². The van der Waals surface area contributed by atoms with Crippen LogP contribution in [-0.2, 0) is 20.2 Å². The number of quaternary nitrogens is 2. The van der Waals surface area contributed by atoms with E-state index in [0.717, 1.165) is 11.4 Å². The third kappa shape index (κ3) is 9.37. The van der Waals surface area contributed by atoms with Crippen LogP contribution >= 0.6 is 0 Å². The molecule has 0 aliphatic carbocycles. The molecule has 0 saturated heterocycles. The van der Waals surface area contributed by atoms with Crippen LogP contribution in [0.15, 0.2) is 94.7 Å². The van der Waals surface area contributed by atoms with Crippen molar-refractivity contribution in [3.63, 3.8) is 0 Å². The van der Waals surface area contributed by atoms with Crippen molar-refractivity contribution >= 4 is 31.6 Å². The van der Waals surface area contributed by atoms with Gasteiger partial charge in [0.1, 0.15) is 31.6 Å². The van der Waals surface area contributed by atoms with Crippen LogP contribution in [0, 0.1) is 0 Å². The van der Waals surface area contributed by atoms with Gasteiger partial charge < -0.3 is 20.6 Å². The molecule has 10 heteroatoms. The van der Waals surface area contributed by atoms with Crippen molar-refractivity contribution in [3.05, 3.63) is 84.9 Å². The molecule has 3 aromatic carbocycles. The second kappa shape index (κ2) is 10.7. The van der Waals surface area contributed by atoms with Crippen molar-refractivity contribution in [2.75, 3.05) is 0 Å². The third-order valence-corrected chi connectivity index (χ3v) is 4.79. The molecule has 150 valence electrons. The maximum Gasteiger partial charge on any atom is 0.128 e. The second-order valence-electron chi connectivity index (χ2n) is 5.35. The Morgan fingerprint density at radius 1 is 0.500 bits per heavy atom. The van der Waals surface area contributed by atoms with E-state index < -0.39 is 20.2 Å². The molecule has 0 bridgehead atoms. The molecule has 0 aliphatic heterocycles. The van der Waals surface area contributed by atoms with E-state index >= 15 is 0 Å². The van der Waals surface area contributed by atoms with E-state index in [1.54, 1.807) is 12.1 Å². The summed E-state index contributed by atoms with van der Waals surface area (Å²) in [6.07, 6.45) is 0. The minimum absolute atomic E-state index is 0.185. The number of benzene rings is 3. The van der Waals surface area contributed by atoms with E-state index in [1.807, 2.05) is 24.3 Å². The first-order valence-corrected chi connectivity index (χ1v) is 10.6. The lowest BCUT2D eigenvalue weighted by molar-refractivity contribution is -0.260. The molecule has 0 fully saturated rings. The van der Waals surface area contributed by atoms with E-state index in [4.69, 9.17) is 0 Å².